The predicted octanol–water partition coefficient (Wildman–Crippen LogP) is 0.899. The van der Waals surface area contributed by atoms with Crippen molar-refractivity contribution >= 4 is 0 Å². The van der Waals surface area contributed by atoms with Gasteiger partial charge in [-0.05, 0) is 44.8 Å². The van der Waals surface area contributed by atoms with Crippen LogP contribution in [0.5, 0.6) is 0 Å². The number of aromatic nitrogens is 2. The highest BCUT2D eigenvalue weighted by Crippen LogP contribution is 2.17. The number of nitrogens with two attached hydrogens (primary N) is 1. The van der Waals surface area contributed by atoms with Crippen LogP contribution in [0.1, 0.15) is 24.2 Å². The van der Waals surface area contributed by atoms with E-state index in [4.69, 9.17) is 5.73 Å². The molecule has 0 saturated carbocycles. The van der Waals surface area contributed by atoms with E-state index in [9.17, 15) is 0 Å². The Labute approximate surface area is 97.4 Å². The molecule has 2 N–H and O–H groups in total. The van der Waals surface area contributed by atoms with E-state index in [-0.39, 0.29) is 0 Å². The third kappa shape index (κ3) is 2.62. The fourth-order valence-electron chi connectivity index (χ4n) is 2.53. The van der Waals surface area contributed by atoms with Gasteiger partial charge in [0.1, 0.15) is 0 Å². The number of piperidine rings is 1. The second-order valence-electron chi connectivity index (χ2n) is 4.88. The van der Waals surface area contributed by atoms with Crippen molar-refractivity contribution < 1.29 is 0 Å². The van der Waals surface area contributed by atoms with Crippen LogP contribution in [0.15, 0.2) is 6.07 Å². The van der Waals surface area contributed by atoms with Crippen LogP contribution in [-0.2, 0) is 13.6 Å². The Bertz CT molecular complexity index is 345. The molecule has 1 fully saturated rings. The molecule has 1 aliphatic heterocycles. The van der Waals surface area contributed by atoms with Gasteiger partial charge in [-0.15, -0.1) is 0 Å². The maximum Gasteiger partial charge on any atom is 0.0597 e. The van der Waals surface area contributed by atoms with Crippen molar-refractivity contribution in [2.24, 2.45) is 18.7 Å². The molecule has 2 rings (SSSR count). The zero-order valence-corrected chi connectivity index (χ0v) is 10.3. The topological polar surface area (TPSA) is 47.1 Å². The van der Waals surface area contributed by atoms with E-state index < -0.39 is 0 Å². The van der Waals surface area contributed by atoms with Crippen molar-refractivity contribution in [3.05, 3.63) is 17.5 Å². The first-order valence-corrected chi connectivity index (χ1v) is 6.11. The largest absolute Gasteiger partial charge is 0.330 e. The fraction of sp³-hybridized carbons (Fsp3) is 0.750. The van der Waals surface area contributed by atoms with Gasteiger partial charge in [0.25, 0.3) is 0 Å². The van der Waals surface area contributed by atoms with Gasteiger partial charge in [-0.2, -0.15) is 5.10 Å². The summed E-state index contributed by atoms with van der Waals surface area (Å²) < 4.78 is 1.99. The van der Waals surface area contributed by atoms with Gasteiger partial charge in [0.2, 0.25) is 0 Å². The van der Waals surface area contributed by atoms with Gasteiger partial charge >= 0.3 is 0 Å². The molecule has 1 saturated heterocycles. The van der Waals surface area contributed by atoms with E-state index in [1.165, 1.54) is 25.1 Å². The maximum atomic E-state index is 5.75. The second kappa shape index (κ2) is 4.97. The minimum absolute atomic E-state index is 0.683. The van der Waals surface area contributed by atoms with E-state index in [2.05, 4.69) is 16.1 Å². The number of hydrogen-bond donors (Lipinski definition) is 1. The lowest BCUT2D eigenvalue weighted by molar-refractivity contribution is 0.167. The summed E-state index contributed by atoms with van der Waals surface area (Å²) in [7, 11) is 2.02. The Balaban J connectivity index is 1.96. The highest BCUT2D eigenvalue weighted by atomic mass is 15.3. The number of aryl methyl sites for hydroxylation is 2. The third-order valence-corrected chi connectivity index (χ3v) is 3.42. The highest BCUT2D eigenvalue weighted by molar-refractivity contribution is 5.08. The molecule has 0 bridgehead atoms. The summed E-state index contributed by atoms with van der Waals surface area (Å²) in [6, 6.07) is 2.17. The summed E-state index contributed by atoms with van der Waals surface area (Å²) >= 11 is 0. The molecule has 1 aromatic heterocycles. The standard InChI is InChI=1S/C12H22N4/c1-10-6-12(15(2)14-10)9-16-5-3-4-11(7-13)8-16/h6,11H,3-5,7-9,13H2,1-2H3. The van der Waals surface area contributed by atoms with Crippen LogP contribution in [0.4, 0.5) is 0 Å². The van der Waals surface area contributed by atoms with E-state index in [1.54, 1.807) is 0 Å². The van der Waals surface area contributed by atoms with Crippen LogP contribution < -0.4 is 5.73 Å². The third-order valence-electron chi connectivity index (χ3n) is 3.42. The SMILES string of the molecule is Cc1cc(CN2CCCC(CN)C2)n(C)n1. The van der Waals surface area contributed by atoms with Crippen LogP contribution in [0.3, 0.4) is 0 Å². The second-order valence-corrected chi connectivity index (χ2v) is 4.88. The lowest BCUT2D eigenvalue weighted by atomic mass is 9.98. The zero-order valence-electron chi connectivity index (χ0n) is 10.3. The number of nitrogens with zero attached hydrogens (tertiary/aromatic N) is 3. The van der Waals surface area contributed by atoms with E-state index in [0.29, 0.717) is 5.92 Å². The summed E-state index contributed by atoms with van der Waals surface area (Å²) in [6.45, 7) is 6.21. The number of rotatable bonds is 3. The first-order chi connectivity index (χ1) is 7.69. The van der Waals surface area contributed by atoms with Crippen molar-refractivity contribution in [2.75, 3.05) is 19.6 Å². The summed E-state index contributed by atoms with van der Waals surface area (Å²) in [4.78, 5) is 2.50. The van der Waals surface area contributed by atoms with E-state index in [0.717, 1.165) is 25.3 Å². The number of hydrogen-bond acceptors (Lipinski definition) is 3. The lowest BCUT2D eigenvalue weighted by Gasteiger charge is -2.31. The molecule has 1 atom stereocenters. The normalized spacial score (nSPS) is 22.6. The van der Waals surface area contributed by atoms with Crippen LogP contribution in [0.25, 0.3) is 0 Å². The van der Waals surface area contributed by atoms with Crippen LogP contribution in [-0.4, -0.2) is 34.3 Å². The van der Waals surface area contributed by atoms with Crippen molar-refractivity contribution in [2.45, 2.75) is 26.3 Å². The average molecular weight is 222 g/mol. The van der Waals surface area contributed by atoms with Crippen LogP contribution >= 0.6 is 0 Å². The molecule has 0 aliphatic carbocycles. The van der Waals surface area contributed by atoms with Gasteiger partial charge in [-0.3, -0.25) is 9.58 Å². The smallest absolute Gasteiger partial charge is 0.0597 e. The Morgan fingerprint density at radius 3 is 3.00 bits per heavy atom. The van der Waals surface area contributed by atoms with Crippen LogP contribution in [0, 0.1) is 12.8 Å². The van der Waals surface area contributed by atoms with Gasteiger partial charge in [0.05, 0.1) is 11.4 Å². The Morgan fingerprint density at radius 2 is 2.38 bits per heavy atom. The van der Waals surface area contributed by atoms with Gasteiger partial charge < -0.3 is 5.73 Å². The van der Waals surface area contributed by atoms with Gasteiger partial charge in [0, 0.05) is 20.1 Å². The quantitative estimate of drug-likeness (QED) is 0.826. The summed E-state index contributed by atoms with van der Waals surface area (Å²) in [5, 5.41) is 4.38. The summed E-state index contributed by atoms with van der Waals surface area (Å²) in [6.07, 6.45) is 2.57. The monoisotopic (exact) mass is 222 g/mol. The Hall–Kier alpha value is -0.870. The molecule has 4 heteroatoms. The van der Waals surface area contributed by atoms with Crippen LogP contribution in [0.2, 0.25) is 0 Å². The molecule has 0 amide bonds. The van der Waals surface area contributed by atoms with Gasteiger partial charge in [0.15, 0.2) is 0 Å². The molecule has 4 nitrogen and oxygen atoms in total. The van der Waals surface area contributed by atoms with Crippen molar-refractivity contribution in [3.63, 3.8) is 0 Å². The van der Waals surface area contributed by atoms with Crippen molar-refractivity contribution in [3.8, 4) is 0 Å². The first kappa shape index (κ1) is 11.6. The zero-order chi connectivity index (χ0) is 11.5. The molecule has 0 aromatic carbocycles. The highest BCUT2D eigenvalue weighted by Gasteiger charge is 2.19. The summed E-state index contributed by atoms with van der Waals surface area (Å²) in [5.41, 5.74) is 8.15. The molecule has 0 spiro atoms. The lowest BCUT2D eigenvalue weighted by Crippen LogP contribution is -2.38. The van der Waals surface area contributed by atoms with E-state index >= 15 is 0 Å². The molecule has 1 aliphatic rings. The van der Waals surface area contributed by atoms with Crippen molar-refractivity contribution in [1.29, 1.82) is 0 Å². The average Bonchev–Trinajstić information content (AvgIpc) is 2.58. The van der Waals surface area contributed by atoms with E-state index in [1.807, 2.05) is 18.7 Å². The maximum absolute atomic E-state index is 5.75. The molecule has 1 unspecified atom stereocenters. The minimum atomic E-state index is 0.683. The molecule has 1 aromatic rings. The molecular formula is C12H22N4. The minimum Gasteiger partial charge on any atom is -0.330 e. The van der Waals surface area contributed by atoms with Crippen molar-refractivity contribution in [1.82, 2.24) is 14.7 Å². The first-order valence-electron chi connectivity index (χ1n) is 6.11. The predicted molar refractivity (Wildman–Crippen MR) is 65.0 cm³/mol. The Kier molecular flexibility index (Phi) is 3.61. The Morgan fingerprint density at radius 1 is 1.56 bits per heavy atom. The molecule has 90 valence electrons. The molecule has 16 heavy (non-hydrogen) atoms. The summed E-state index contributed by atoms with van der Waals surface area (Å²) in [5.74, 6) is 0.683. The molecular weight excluding hydrogens is 200 g/mol. The fourth-order valence-corrected chi connectivity index (χ4v) is 2.53. The van der Waals surface area contributed by atoms with Gasteiger partial charge in [-0.1, -0.05) is 0 Å². The van der Waals surface area contributed by atoms with Gasteiger partial charge in [-0.25, -0.2) is 0 Å². The molecule has 2 heterocycles. The number of likely N-dealkylation sites (tertiary alicyclic amines) is 1. The molecule has 0 radical (unpaired) electrons.